The summed E-state index contributed by atoms with van der Waals surface area (Å²) < 4.78 is 1.03. The van der Waals surface area contributed by atoms with E-state index >= 15 is 0 Å². The van der Waals surface area contributed by atoms with Gasteiger partial charge >= 0.3 is 0 Å². The molecule has 0 atom stereocenters. The van der Waals surface area contributed by atoms with Crippen molar-refractivity contribution in [3.05, 3.63) is 34.3 Å². The molecule has 1 nitrogen and oxygen atoms in total. The molecule has 0 spiro atoms. The van der Waals surface area contributed by atoms with Crippen molar-refractivity contribution in [2.24, 2.45) is 5.92 Å². The molecule has 0 saturated heterocycles. The van der Waals surface area contributed by atoms with Crippen molar-refractivity contribution < 1.29 is 4.79 Å². The van der Waals surface area contributed by atoms with Crippen molar-refractivity contribution in [1.82, 2.24) is 0 Å². The standard InChI is InChI=1S/C14H17BrO/c15-13-9-7-12(8-10-13)14(16)11-5-3-1-2-4-6-11/h7-11H,1-6H2. The molecule has 1 aromatic rings. The fourth-order valence-electron chi connectivity index (χ4n) is 2.39. The summed E-state index contributed by atoms with van der Waals surface area (Å²) >= 11 is 3.39. The van der Waals surface area contributed by atoms with Gasteiger partial charge in [0.05, 0.1) is 0 Å². The quantitative estimate of drug-likeness (QED) is 0.572. The van der Waals surface area contributed by atoms with Crippen LogP contribution >= 0.6 is 15.9 Å². The van der Waals surface area contributed by atoms with Gasteiger partial charge in [0, 0.05) is 16.0 Å². The van der Waals surface area contributed by atoms with Gasteiger partial charge in [-0.3, -0.25) is 4.79 Å². The zero-order valence-electron chi connectivity index (χ0n) is 9.42. The second kappa shape index (κ2) is 5.62. The van der Waals surface area contributed by atoms with E-state index in [-0.39, 0.29) is 5.92 Å². The predicted molar refractivity (Wildman–Crippen MR) is 69.7 cm³/mol. The lowest BCUT2D eigenvalue weighted by Crippen LogP contribution is -2.13. The van der Waals surface area contributed by atoms with Crippen molar-refractivity contribution in [3.8, 4) is 0 Å². The highest BCUT2D eigenvalue weighted by Gasteiger charge is 2.20. The van der Waals surface area contributed by atoms with Gasteiger partial charge in [0.25, 0.3) is 0 Å². The zero-order chi connectivity index (χ0) is 11.4. The van der Waals surface area contributed by atoms with E-state index in [0.717, 1.165) is 22.9 Å². The Morgan fingerprint density at radius 2 is 1.56 bits per heavy atom. The number of benzene rings is 1. The van der Waals surface area contributed by atoms with E-state index in [2.05, 4.69) is 15.9 Å². The molecule has 0 unspecified atom stereocenters. The van der Waals surface area contributed by atoms with Crippen LogP contribution in [0.3, 0.4) is 0 Å². The summed E-state index contributed by atoms with van der Waals surface area (Å²) in [5, 5.41) is 0. The maximum atomic E-state index is 12.2. The number of hydrogen-bond acceptors (Lipinski definition) is 1. The Morgan fingerprint density at radius 1 is 1.00 bits per heavy atom. The van der Waals surface area contributed by atoms with Crippen LogP contribution in [0.5, 0.6) is 0 Å². The molecular weight excluding hydrogens is 264 g/mol. The van der Waals surface area contributed by atoms with Gasteiger partial charge in [0.1, 0.15) is 0 Å². The lowest BCUT2D eigenvalue weighted by atomic mass is 9.91. The summed E-state index contributed by atoms with van der Waals surface area (Å²) in [6.07, 6.45) is 7.18. The lowest BCUT2D eigenvalue weighted by Gasteiger charge is -2.12. The van der Waals surface area contributed by atoms with Crippen LogP contribution in [0, 0.1) is 5.92 Å². The zero-order valence-corrected chi connectivity index (χ0v) is 11.0. The molecule has 0 amide bonds. The maximum Gasteiger partial charge on any atom is 0.165 e. The van der Waals surface area contributed by atoms with Crippen molar-refractivity contribution in [2.45, 2.75) is 38.5 Å². The summed E-state index contributed by atoms with van der Waals surface area (Å²) in [6, 6.07) is 7.75. The Balaban J connectivity index is 2.08. The summed E-state index contributed by atoms with van der Waals surface area (Å²) in [4.78, 5) is 12.2. The van der Waals surface area contributed by atoms with Crippen LogP contribution < -0.4 is 0 Å². The molecular formula is C14H17BrO. The summed E-state index contributed by atoms with van der Waals surface area (Å²) in [5.41, 5.74) is 0.870. The fourth-order valence-corrected chi connectivity index (χ4v) is 2.66. The highest BCUT2D eigenvalue weighted by Crippen LogP contribution is 2.26. The Hall–Kier alpha value is -0.630. The van der Waals surface area contributed by atoms with Gasteiger partial charge in [-0.2, -0.15) is 0 Å². The van der Waals surface area contributed by atoms with Gasteiger partial charge in [0.15, 0.2) is 5.78 Å². The molecule has 1 aromatic carbocycles. The third kappa shape index (κ3) is 2.94. The summed E-state index contributed by atoms with van der Waals surface area (Å²) in [7, 11) is 0. The van der Waals surface area contributed by atoms with E-state index < -0.39 is 0 Å². The Bertz CT molecular complexity index is 348. The Morgan fingerprint density at radius 3 is 2.12 bits per heavy atom. The van der Waals surface area contributed by atoms with Crippen molar-refractivity contribution in [1.29, 1.82) is 0 Å². The van der Waals surface area contributed by atoms with E-state index in [1.807, 2.05) is 24.3 Å². The van der Waals surface area contributed by atoms with Crippen LogP contribution in [0.25, 0.3) is 0 Å². The molecule has 1 fully saturated rings. The number of hydrogen-bond donors (Lipinski definition) is 0. The van der Waals surface area contributed by atoms with Gasteiger partial charge in [0.2, 0.25) is 0 Å². The van der Waals surface area contributed by atoms with E-state index in [4.69, 9.17) is 0 Å². The first kappa shape index (κ1) is 11.8. The monoisotopic (exact) mass is 280 g/mol. The third-order valence-corrected chi connectivity index (χ3v) is 3.88. The van der Waals surface area contributed by atoms with Crippen LogP contribution in [0.2, 0.25) is 0 Å². The second-order valence-electron chi connectivity index (χ2n) is 4.56. The molecule has 0 aromatic heterocycles. The summed E-state index contributed by atoms with van der Waals surface area (Å²) in [6.45, 7) is 0. The summed E-state index contributed by atoms with van der Waals surface area (Å²) in [5.74, 6) is 0.609. The van der Waals surface area contributed by atoms with Crippen molar-refractivity contribution >= 4 is 21.7 Å². The van der Waals surface area contributed by atoms with E-state index in [0.29, 0.717) is 5.78 Å². The smallest absolute Gasteiger partial charge is 0.165 e. The largest absolute Gasteiger partial charge is 0.294 e. The molecule has 0 bridgehead atoms. The number of Topliss-reactive ketones (excluding diaryl/α,β-unsaturated/α-hetero) is 1. The predicted octanol–water partition coefficient (Wildman–Crippen LogP) is 4.60. The average Bonchev–Trinajstić information content (AvgIpc) is 2.57. The molecule has 0 heterocycles. The minimum absolute atomic E-state index is 0.267. The second-order valence-corrected chi connectivity index (χ2v) is 5.48. The molecule has 1 aliphatic carbocycles. The van der Waals surface area contributed by atoms with E-state index in [1.165, 1.54) is 25.7 Å². The number of carbonyl (C=O) groups is 1. The molecule has 2 heteroatoms. The maximum absolute atomic E-state index is 12.2. The number of halogens is 1. The minimum Gasteiger partial charge on any atom is -0.294 e. The first-order valence-electron chi connectivity index (χ1n) is 6.07. The van der Waals surface area contributed by atoms with Crippen LogP contribution in [-0.2, 0) is 0 Å². The first-order valence-corrected chi connectivity index (χ1v) is 6.86. The van der Waals surface area contributed by atoms with Crippen LogP contribution in [0.4, 0.5) is 0 Å². The molecule has 0 aliphatic heterocycles. The first-order chi connectivity index (χ1) is 7.77. The van der Waals surface area contributed by atoms with Crippen molar-refractivity contribution in [2.75, 3.05) is 0 Å². The Kier molecular flexibility index (Phi) is 4.16. The van der Waals surface area contributed by atoms with Gasteiger partial charge in [-0.05, 0) is 25.0 Å². The highest BCUT2D eigenvalue weighted by atomic mass is 79.9. The molecule has 0 N–H and O–H groups in total. The minimum atomic E-state index is 0.267. The van der Waals surface area contributed by atoms with Gasteiger partial charge in [-0.1, -0.05) is 53.7 Å². The Labute approximate surface area is 105 Å². The van der Waals surface area contributed by atoms with Gasteiger partial charge < -0.3 is 0 Å². The van der Waals surface area contributed by atoms with Crippen LogP contribution in [0.15, 0.2) is 28.7 Å². The lowest BCUT2D eigenvalue weighted by molar-refractivity contribution is 0.0908. The van der Waals surface area contributed by atoms with Crippen LogP contribution in [0.1, 0.15) is 48.9 Å². The van der Waals surface area contributed by atoms with Crippen LogP contribution in [-0.4, -0.2) is 5.78 Å². The third-order valence-electron chi connectivity index (χ3n) is 3.35. The molecule has 2 rings (SSSR count). The fraction of sp³-hybridized carbons (Fsp3) is 0.500. The van der Waals surface area contributed by atoms with Gasteiger partial charge in [-0.25, -0.2) is 0 Å². The highest BCUT2D eigenvalue weighted by molar-refractivity contribution is 9.10. The van der Waals surface area contributed by atoms with E-state index in [9.17, 15) is 4.79 Å². The normalized spacial score (nSPS) is 18.1. The topological polar surface area (TPSA) is 17.1 Å². The molecule has 16 heavy (non-hydrogen) atoms. The number of ketones is 1. The van der Waals surface area contributed by atoms with E-state index in [1.54, 1.807) is 0 Å². The average molecular weight is 281 g/mol. The number of carbonyl (C=O) groups excluding carboxylic acids is 1. The van der Waals surface area contributed by atoms with Crippen molar-refractivity contribution in [3.63, 3.8) is 0 Å². The number of rotatable bonds is 2. The molecule has 1 saturated carbocycles. The SMILES string of the molecule is O=C(c1ccc(Br)cc1)C1CCCCCC1. The molecule has 0 radical (unpaired) electrons. The van der Waals surface area contributed by atoms with Gasteiger partial charge in [-0.15, -0.1) is 0 Å². The molecule has 86 valence electrons. The molecule has 1 aliphatic rings.